The molecule has 0 aliphatic rings. The van der Waals surface area contributed by atoms with E-state index in [1.165, 1.54) is 36.3 Å². The van der Waals surface area contributed by atoms with E-state index in [9.17, 15) is 14.9 Å². The van der Waals surface area contributed by atoms with Crippen molar-refractivity contribution in [2.45, 2.75) is 6.92 Å². The molecule has 0 atom stereocenters. The number of rotatable bonds is 6. The van der Waals surface area contributed by atoms with Gasteiger partial charge in [-0.05, 0) is 30.3 Å². The largest absolute Gasteiger partial charge is 0.496 e. The van der Waals surface area contributed by atoms with E-state index in [0.717, 1.165) is 0 Å². The van der Waals surface area contributed by atoms with E-state index in [1.807, 2.05) is 36.4 Å². The highest BCUT2D eigenvalue weighted by molar-refractivity contribution is 7.14. The molecule has 1 heterocycles. The minimum Gasteiger partial charge on any atom is -0.496 e. The predicted molar refractivity (Wildman–Crippen MR) is 112 cm³/mol. The summed E-state index contributed by atoms with van der Waals surface area (Å²) in [5.74, 6) is -0.248. The van der Waals surface area contributed by atoms with E-state index >= 15 is 0 Å². The smallest absolute Gasteiger partial charge is 0.230 e. The topological polar surface area (TPSA) is 83.3 Å². The molecule has 6 nitrogen and oxygen atoms in total. The van der Waals surface area contributed by atoms with Crippen molar-refractivity contribution in [3.8, 4) is 11.8 Å². The number of methoxy groups -OCH3 is 1. The van der Waals surface area contributed by atoms with Crippen LogP contribution in [0.15, 0.2) is 65.6 Å². The van der Waals surface area contributed by atoms with Gasteiger partial charge in [-0.1, -0.05) is 30.3 Å². The van der Waals surface area contributed by atoms with Gasteiger partial charge in [-0.2, -0.15) is 5.26 Å². The molecule has 0 aliphatic carbocycles. The highest BCUT2D eigenvalue weighted by atomic mass is 32.1. The summed E-state index contributed by atoms with van der Waals surface area (Å²) in [7, 11) is 1.47. The molecule has 0 saturated carbocycles. The average Bonchev–Trinajstić information content (AvgIpc) is 3.20. The normalized spacial score (nSPS) is 10.9. The highest BCUT2D eigenvalue weighted by Gasteiger charge is 2.19. The zero-order valence-corrected chi connectivity index (χ0v) is 16.6. The van der Waals surface area contributed by atoms with E-state index < -0.39 is 5.78 Å². The molecule has 0 bridgehead atoms. The fourth-order valence-corrected chi connectivity index (χ4v) is 3.57. The number of amides is 1. The van der Waals surface area contributed by atoms with Crippen LogP contribution < -0.4 is 9.64 Å². The summed E-state index contributed by atoms with van der Waals surface area (Å²) in [6, 6.07) is 17.8. The summed E-state index contributed by atoms with van der Waals surface area (Å²) in [4.78, 5) is 30.8. The van der Waals surface area contributed by atoms with Crippen LogP contribution >= 0.6 is 11.3 Å². The Morgan fingerprint density at radius 2 is 1.83 bits per heavy atom. The number of anilines is 2. The van der Waals surface area contributed by atoms with Crippen LogP contribution in [0.5, 0.6) is 5.75 Å². The second kappa shape index (κ2) is 8.95. The molecule has 0 unspecified atom stereocenters. The third-order valence-corrected chi connectivity index (χ3v) is 4.88. The number of carbonyl (C=O) groups excluding carboxylic acids is 2. The summed E-state index contributed by atoms with van der Waals surface area (Å²) in [5.41, 5.74) is 1.34. The Balaban J connectivity index is 1.94. The Morgan fingerprint density at radius 3 is 2.48 bits per heavy atom. The van der Waals surface area contributed by atoms with Gasteiger partial charge in [-0.3, -0.25) is 14.5 Å². The Bertz CT molecular complexity index is 1110. The number of para-hydroxylation sites is 2. The number of aromatic nitrogens is 1. The summed E-state index contributed by atoms with van der Waals surface area (Å²) >= 11 is 1.25. The van der Waals surface area contributed by atoms with E-state index in [1.54, 1.807) is 29.6 Å². The molecular weight excluding hydrogens is 386 g/mol. The third kappa shape index (κ3) is 4.39. The van der Waals surface area contributed by atoms with Gasteiger partial charge < -0.3 is 4.74 Å². The number of nitriles is 1. The van der Waals surface area contributed by atoms with Crippen LogP contribution in [0.1, 0.15) is 23.0 Å². The minimum absolute atomic E-state index is 0.0690. The Kier molecular flexibility index (Phi) is 6.17. The van der Waals surface area contributed by atoms with Crippen molar-refractivity contribution in [1.82, 2.24) is 4.98 Å². The molecule has 0 N–H and O–H groups in total. The van der Waals surface area contributed by atoms with Crippen LogP contribution in [0.4, 0.5) is 10.8 Å². The quantitative estimate of drug-likeness (QED) is 0.340. The molecule has 144 valence electrons. The standard InChI is InChI=1S/C22H17N3O3S/c1-15(26)25(18-8-4-3-5-9-18)22-24-17(14-29-22)12-16(13-23)21(27)19-10-6-7-11-20(19)28-2/h3-12,14H,1-2H3/b16-12+. The van der Waals surface area contributed by atoms with E-state index in [-0.39, 0.29) is 11.5 Å². The molecule has 0 fully saturated rings. The monoisotopic (exact) mass is 403 g/mol. The van der Waals surface area contributed by atoms with Crippen molar-refractivity contribution >= 4 is 39.9 Å². The lowest BCUT2D eigenvalue weighted by Gasteiger charge is -2.17. The highest BCUT2D eigenvalue weighted by Crippen LogP contribution is 2.30. The first-order valence-corrected chi connectivity index (χ1v) is 9.54. The van der Waals surface area contributed by atoms with Crippen LogP contribution in [-0.4, -0.2) is 23.8 Å². The molecule has 1 amide bonds. The lowest BCUT2D eigenvalue weighted by molar-refractivity contribution is -0.115. The molecule has 7 heteroatoms. The summed E-state index contributed by atoms with van der Waals surface area (Å²) < 4.78 is 5.21. The first-order chi connectivity index (χ1) is 14.0. The molecule has 0 saturated heterocycles. The number of thiazole rings is 1. The maximum Gasteiger partial charge on any atom is 0.230 e. The van der Waals surface area contributed by atoms with Crippen LogP contribution in [-0.2, 0) is 4.79 Å². The lowest BCUT2D eigenvalue weighted by atomic mass is 10.0. The lowest BCUT2D eigenvalue weighted by Crippen LogP contribution is -2.22. The van der Waals surface area contributed by atoms with Gasteiger partial charge in [0.05, 0.1) is 24.1 Å². The average molecular weight is 403 g/mol. The Labute approximate surface area is 172 Å². The number of carbonyl (C=O) groups is 2. The molecule has 3 aromatic rings. The van der Waals surface area contributed by atoms with Gasteiger partial charge in [0, 0.05) is 12.3 Å². The van der Waals surface area contributed by atoms with Gasteiger partial charge in [0.1, 0.15) is 17.4 Å². The first kappa shape index (κ1) is 20.0. The zero-order chi connectivity index (χ0) is 20.8. The minimum atomic E-state index is -0.453. The van der Waals surface area contributed by atoms with Crippen LogP contribution in [0.3, 0.4) is 0 Å². The summed E-state index contributed by atoms with van der Waals surface area (Å²) in [6.45, 7) is 1.45. The number of benzene rings is 2. The number of nitrogens with zero attached hydrogens (tertiary/aromatic N) is 3. The van der Waals surface area contributed by atoms with Crippen molar-refractivity contribution < 1.29 is 14.3 Å². The van der Waals surface area contributed by atoms with Gasteiger partial charge >= 0.3 is 0 Å². The number of ether oxygens (including phenoxy) is 1. The molecule has 3 rings (SSSR count). The molecule has 29 heavy (non-hydrogen) atoms. The molecule has 2 aromatic carbocycles. The second-order valence-electron chi connectivity index (χ2n) is 5.94. The summed E-state index contributed by atoms with van der Waals surface area (Å²) in [6.07, 6.45) is 1.41. The van der Waals surface area contributed by atoms with E-state index in [2.05, 4.69) is 4.98 Å². The van der Waals surface area contributed by atoms with Crippen molar-refractivity contribution in [2.24, 2.45) is 0 Å². The van der Waals surface area contributed by atoms with Crippen LogP contribution in [0.2, 0.25) is 0 Å². The van der Waals surface area contributed by atoms with E-state index in [4.69, 9.17) is 4.74 Å². The number of hydrogen-bond donors (Lipinski definition) is 0. The third-order valence-electron chi connectivity index (χ3n) is 4.04. The van der Waals surface area contributed by atoms with Gasteiger partial charge in [0.25, 0.3) is 0 Å². The van der Waals surface area contributed by atoms with Gasteiger partial charge in [-0.15, -0.1) is 11.3 Å². The van der Waals surface area contributed by atoms with Crippen molar-refractivity contribution in [3.63, 3.8) is 0 Å². The fourth-order valence-electron chi connectivity index (χ4n) is 2.72. The zero-order valence-electron chi connectivity index (χ0n) is 15.8. The van der Waals surface area contributed by atoms with Crippen molar-refractivity contribution in [3.05, 3.63) is 76.8 Å². The number of allylic oxidation sites excluding steroid dienone is 1. The molecule has 1 aromatic heterocycles. The first-order valence-electron chi connectivity index (χ1n) is 8.66. The van der Waals surface area contributed by atoms with Crippen LogP contribution in [0.25, 0.3) is 6.08 Å². The molecule has 0 spiro atoms. The number of Topliss-reactive ketones (excluding diaryl/α,β-unsaturated/α-hetero) is 1. The number of ketones is 1. The summed E-state index contributed by atoms with van der Waals surface area (Å²) in [5, 5.41) is 11.6. The molecule has 0 aliphatic heterocycles. The Hall–Kier alpha value is -3.76. The fraction of sp³-hybridized carbons (Fsp3) is 0.0909. The SMILES string of the molecule is COc1ccccc1C(=O)/C(C#N)=C/c1csc(N(C(C)=O)c2ccccc2)n1. The second-order valence-corrected chi connectivity index (χ2v) is 6.78. The molecule has 0 radical (unpaired) electrons. The number of hydrogen-bond acceptors (Lipinski definition) is 6. The van der Waals surface area contributed by atoms with Gasteiger partial charge in [-0.25, -0.2) is 4.98 Å². The van der Waals surface area contributed by atoms with Crippen LogP contribution in [0, 0.1) is 11.3 Å². The maximum atomic E-state index is 12.8. The van der Waals surface area contributed by atoms with Crippen molar-refractivity contribution in [1.29, 1.82) is 5.26 Å². The van der Waals surface area contributed by atoms with Gasteiger partial charge in [0.2, 0.25) is 11.7 Å². The Morgan fingerprint density at radius 1 is 1.14 bits per heavy atom. The van der Waals surface area contributed by atoms with E-state index in [0.29, 0.717) is 27.8 Å². The molecular formula is C22H17N3O3S. The van der Waals surface area contributed by atoms with Gasteiger partial charge in [0.15, 0.2) is 5.13 Å². The van der Waals surface area contributed by atoms with Crippen molar-refractivity contribution in [2.75, 3.05) is 12.0 Å². The maximum absolute atomic E-state index is 12.8. The predicted octanol–water partition coefficient (Wildman–Crippen LogP) is 4.63.